The maximum Gasteiger partial charge on any atom is 0.293 e. The average molecular weight is 318 g/mol. The molecule has 0 amide bonds. The van der Waals surface area contributed by atoms with Gasteiger partial charge in [0.25, 0.3) is 5.69 Å². The van der Waals surface area contributed by atoms with Gasteiger partial charge in [-0.3, -0.25) is 15.1 Å². The van der Waals surface area contributed by atoms with Gasteiger partial charge < -0.3 is 5.32 Å². The van der Waals surface area contributed by atoms with Crippen LogP contribution in [0.25, 0.3) is 10.9 Å². The van der Waals surface area contributed by atoms with Crippen molar-refractivity contribution in [3.8, 4) is 6.07 Å². The number of anilines is 1. The average Bonchev–Trinajstić information content (AvgIpc) is 2.62. The number of nitrogens with zero attached hydrogens (tertiary/aromatic N) is 3. The molecule has 0 radical (unpaired) electrons. The Balaban J connectivity index is 1.77. The summed E-state index contributed by atoms with van der Waals surface area (Å²) in [5, 5.41) is 24.2. The first-order chi connectivity index (χ1) is 11.7. The minimum absolute atomic E-state index is 0.0925. The van der Waals surface area contributed by atoms with E-state index >= 15 is 0 Å². The number of nitro benzene ring substituents is 1. The Morgan fingerprint density at radius 2 is 2.04 bits per heavy atom. The Hall–Kier alpha value is -3.46. The fourth-order valence-electron chi connectivity index (χ4n) is 2.60. The number of rotatable bonds is 5. The van der Waals surface area contributed by atoms with E-state index in [9.17, 15) is 10.1 Å². The Kier molecular flexibility index (Phi) is 4.34. The Labute approximate surface area is 138 Å². The van der Waals surface area contributed by atoms with Crippen LogP contribution in [0.15, 0.2) is 54.7 Å². The van der Waals surface area contributed by atoms with E-state index in [1.807, 2.05) is 36.4 Å². The van der Waals surface area contributed by atoms with Crippen LogP contribution < -0.4 is 5.32 Å². The predicted octanol–water partition coefficient (Wildman–Crippen LogP) is 3.67. The lowest BCUT2D eigenvalue weighted by atomic mass is 10.1. The predicted molar refractivity (Wildman–Crippen MR) is 91.7 cm³/mol. The van der Waals surface area contributed by atoms with Gasteiger partial charge in [0.1, 0.15) is 5.69 Å². The smallest absolute Gasteiger partial charge is 0.293 e. The summed E-state index contributed by atoms with van der Waals surface area (Å²) < 4.78 is 0. The number of nitro groups is 1. The third-order valence-corrected chi connectivity index (χ3v) is 3.75. The van der Waals surface area contributed by atoms with Crippen LogP contribution in [0, 0.1) is 21.4 Å². The molecule has 1 N–H and O–H groups in total. The molecule has 0 bridgehead atoms. The second-order valence-corrected chi connectivity index (χ2v) is 5.27. The zero-order chi connectivity index (χ0) is 16.9. The molecule has 0 aliphatic carbocycles. The second-order valence-electron chi connectivity index (χ2n) is 5.27. The highest BCUT2D eigenvalue weighted by molar-refractivity contribution is 5.81. The molecular formula is C18H14N4O2. The molecular weight excluding hydrogens is 304 g/mol. The number of benzene rings is 2. The van der Waals surface area contributed by atoms with Crippen LogP contribution in [0.2, 0.25) is 0 Å². The van der Waals surface area contributed by atoms with Crippen molar-refractivity contribution in [3.05, 3.63) is 76.0 Å². The number of aromatic nitrogens is 1. The van der Waals surface area contributed by atoms with E-state index in [0.717, 1.165) is 16.5 Å². The summed E-state index contributed by atoms with van der Waals surface area (Å²) in [6, 6.07) is 16.2. The highest BCUT2D eigenvalue weighted by atomic mass is 16.6. The van der Waals surface area contributed by atoms with Crippen molar-refractivity contribution in [2.75, 3.05) is 11.9 Å². The molecule has 0 atom stereocenters. The van der Waals surface area contributed by atoms with Crippen LogP contribution in [0.4, 0.5) is 11.4 Å². The van der Waals surface area contributed by atoms with E-state index in [1.165, 1.54) is 6.07 Å². The standard InChI is InChI=1S/C18H14N4O2/c19-12-13-6-7-16(17(11-13)22(23)24)20-10-8-15-4-1-3-14-5-2-9-21-18(14)15/h1-7,9,11,20H,8,10H2. The second kappa shape index (κ2) is 6.75. The number of nitrogens with one attached hydrogen (secondary N) is 1. The van der Waals surface area contributed by atoms with Crippen LogP contribution in [0.5, 0.6) is 0 Å². The molecule has 6 heteroatoms. The van der Waals surface area contributed by atoms with E-state index in [4.69, 9.17) is 5.26 Å². The van der Waals surface area contributed by atoms with Crippen LogP contribution in [-0.2, 0) is 6.42 Å². The SMILES string of the molecule is N#Cc1ccc(NCCc2cccc3cccnc23)c([N+](=O)[O-])c1. The van der Waals surface area contributed by atoms with Crippen molar-refractivity contribution in [2.24, 2.45) is 0 Å². The molecule has 118 valence electrons. The zero-order valence-corrected chi connectivity index (χ0v) is 12.8. The van der Waals surface area contributed by atoms with Crippen LogP contribution in [-0.4, -0.2) is 16.5 Å². The number of hydrogen-bond acceptors (Lipinski definition) is 5. The maximum absolute atomic E-state index is 11.1. The van der Waals surface area contributed by atoms with Crippen molar-refractivity contribution >= 4 is 22.3 Å². The van der Waals surface area contributed by atoms with Crippen molar-refractivity contribution in [1.29, 1.82) is 5.26 Å². The highest BCUT2D eigenvalue weighted by Gasteiger charge is 2.14. The molecule has 0 fully saturated rings. The molecule has 24 heavy (non-hydrogen) atoms. The summed E-state index contributed by atoms with van der Waals surface area (Å²) >= 11 is 0. The third kappa shape index (κ3) is 3.15. The van der Waals surface area contributed by atoms with Gasteiger partial charge in [-0.25, -0.2) is 0 Å². The lowest BCUT2D eigenvalue weighted by molar-refractivity contribution is -0.384. The van der Waals surface area contributed by atoms with E-state index in [0.29, 0.717) is 18.7 Å². The molecule has 0 spiro atoms. The summed E-state index contributed by atoms with van der Waals surface area (Å²) in [7, 11) is 0. The number of nitriles is 1. The molecule has 0 saturated carbocycles. The van der Waals surface area contributed by atoms with E-state index < -0.39 is 4.92 Å². The largest absolute Gasteiger partial charge is 0.379 e. The number of hydrogen-bond donors (Lipinski definition) is 1. The third-order valence-electron chi connectivity index (χ3n) is 3.75. The zero-order valence-electron chi connectivity index (χ0n) is 12.8. The molecule has 3 rings (SSSR count). The van der Waals surface area contributed by atoms with Crippen molar-refractivity contribution < 1.29 is 4.92 Å². The number of fused-ring (bicyclic) bond motifs is 1. The quantitative estimate of drug-likeness (QED) is 0.572. The molecule has 0 aliphatic rings. The minimum atomic E-state index is -0.483. The summed E-state index contributed by atoms with van der Waals surface area (Å²) in [6.45, 7) is 0.530. The lowest BCUT2D eigenvalue weighted by Crippen LogP contribution is -2.07. The van der Waals surface area contributed by atoms with Gasteiger partial charge in [-0.2, -0.15) is 5.26 Å². The molecule has 2 aromatic carbocycles. The fraction of sp³-hybridized carbons (Fsp3) is 0.111. The lowest BCUT2D eigenvalue weighted by Gasteiger charge is -2.09. The van der Waals surface area contributed by atoms with E-state index in [1.54, 1.807) is 18.3 Å². The first-order valence-electron chi connectivity index (χ1n) is 7.44. The summed E-state index contributed by atoms with van der Waals surface area (Å²) in [6.07, 6.45) is 2.44. The van der Waals surface area contributed by atoms with Crippen LogP contribution >= 0.6 is 0 Å². The first-order valence-corrected chi connectivity index (χ1v) is 7.44. The van der Waals surface area contributed by atoms with E-state index in [2.05, 4.69) is 10.3 Å². The van der Waals surface area contributed by atoms with Gasteiger partial charge in [0.15, 0.2) is 0 Å². The van der Waals surface area contributed by atoms with Gasteiger partial charge in [0.2, 0.25) is 0 Å². The van der Waals surface area contributed by atoms with Gasteiger partial charge in [-0.15, -0.1) is 0 Å². The molecule has 0 aliphatic heterocycles. The Bertz CT molecular complexity index is 942. The summed E-state index contributed by atoms with van der Waals surface area (Å²) in [5.41, 5.74) is 2.61. The number of pyridine rings is 1. The molecule has 0 saturated heterocycles. The van der Waals surface area contributed by atoms with Gasteiger partial charge in [-0.1, -0.05) is 24.3 Å². The molecule has 1 heterocycles. The molecule has 0 unspecified atom stereocenters. The molecule has 6 nitrogen and oxygen atoms in total. The molecule has 1 aromatic heterocycles. The fourth-order valence-corrected chi connectivity index (χ4v) is 2.60. The highest BCUT2D eigenvalue weighted by Crippen LogP contribution is 2.25. The van der Waals surface area contributed by atoms with E-state index in [-0.39, 0.29) is 11.3 Å². The van der Waals surface area contributed by atoms with Crippen LogP contribution in [0.1, 0.15) is 11.1 Å². The topological polar surface area (TPSA) is 91.8 Å². The Morgan fingerprint density at radius 3 is 2.83 bits per heavy atom. The van der Waals surface area contributed by atoms with Gasteiger partial charge >= 0.3 is 0 Å². The maximum atomic E-state index is 11.1. The van der Waals surface area contributed by atoms with Crippen molar-refractivity contribution in [3.63, 3.8) is 0 Å². The monoisotopic (exact) mass is 318 g/mol. The molecule has 3 aromatic rings. The van der Waals surface area contributed by atoms with Crippen LogP contribution in [0.3, 0.4) is 0 Å². The van der Waals surface area contributed by atoms with Crippen molar-refractivity contribution in [2.45, 2.75) is 6.42 Å². The summed E-state index contributed by atoms with van der Waals surface area (Å²) in [4.78, 5) is 15.1. The first kappa shape index (κ1) is 15.4. The minimum Gasteiger partial charge on any atom is -0.379 e. The summed E-state index contributed by atoms with van der Waals surface area (Å²) in [5.74, 6) is 0. The van der Waals surface area contributed by atoms with Gasteiger partial charge in [0, 0.05) is 24.2 Å². The van der Waals surface area contributed by atoms with Crippen molar-refractivity contribution in [1.82, 2.24) is 4.98 Å². The van der Waals surface area contributed by atoms with Gasteiger partial charge in [-0.05, 0) is 30.2 Å². The Morgan fingerprint density at radius 1 is 1.21 bits per heavy atom. The normalized spacial score (nSPS) is 10.3. The van der Waals surface area contributed by atoms with Gasteiger partial charge in [0.05, 0.1) is 22.1 Å². The number of para-hydroxylation sites is 1.